The van der Waals surface area contributed by atoms with Crippen LogP contribution in [0.1, 0.15) is 64.5 Å². The number of carbonyl (C=O) groups is 2. The molecule has 4 heteroatoms. The van der Waals surface area contributed by atoms with Crippen LogP contribution in [-0.2, 0) is 19.7 Å². The number of ether oxygens (including phenoxy) is 1. The molecule has 2 rings (SSSR count). The molecular formula is C22H30O4. The molecule has 0 unspecified atom stereocenters. The number of carbonyl (C=O) groups excluding carboxylic acids is 2. The van der Waals surface area contributed by atoms with Crippen LogP contribution in [0.25, 0.3) is 5.76 Å². The molecule has 1 aromatic rings. The van der Waals surface area contributed by atoms with Crippen LogP contribution in [0.4, 0.5) is 0 Å². The Morgan fingerprint density at radius 2 is 1.62 bits per heavy atom. The fraction of sp³-hybridized carbons (Fsp3) is 0.545. The van der Waals surface area contributed by atoms with Crippen LogP contribution >= 0.6 is 0 Å². The number of hydrogen-bond donors (Lipinski definition) is 1. The van der Waals surface area contributed by atoms with Gasteiger partial charge in [0.1, 0.15) is 11.3 Å². The number of aliphatic hydroxyl groups is 1. The zero-order chi connectivity index (χ0) is 19.5. The summed E-state index contributed by atoms with van der Waals surface area (Å²) in [4.78, 5) is 25.8. The molecule has 0 radical (unpaired) electrons. The van der Waals surface area contributed by atoms with E-state index in [4.69, 9.17) is 4.74 Å². The van der Waals surface area contributed by atoms with E-state index in [1.165, 1.54) is 7.11 Å². The predicted molar refractivity (Wildman–Crippen MR) is 103 cm³/mol. The van der Waals surface area contributed by atoms with Gasteiger partial charge in [-0.2, -0.15) is 0 Å². The smallest absolute Gasteiger partial charge is 0.345 e. The largest absolute Gasteiger partial charge is 0.506 e. The van der Waals surface area contributed by atoms with Crippen molar-refractivity contribution in [2.75, 3.05) is 7.11 Å². The van der Waals surface area contributed by atoms with Gasteiger partial charge in [-0.25, -0.2) is 4.79 Å². The van der Waals surface area contributed by atoms with Crippen molar-refractivity contribution in [2.45, 2.75) is 58.8 Å². The zero-order valence-electron chi connectivity index (χ0n) is 16.5. The Hall–Kier alpha value is -2.10. The highest BCUT2D eigenvalue weighted by Gasteiger charge is 2.49. The first kappa shape index (κ1) is 20.2. The summed E-state index contributed by atoms with van der Waals surface area (Å²) in [6, 6.07) is 7.40. The second-order valence-electron chi connectivity index (χ2n) is 8.04. The second-order valence-corrected chi connectivity index (χ2v) is 8.04. The third-order valence-corrected chi connectivity index (χ3v) is 5.28. The van der Waals surface area contributed by atoms with E-state index in [2.05, 4.69) is 27.7 Å². The van der Waals surface area contributed by atoms with Crippen molar-refractivity contribution in [3.8, 4) is 0 Å². The van der Waals surface area contributed by atoms with E-state index in [0.717, 1.165) is 18.4 Å². The Morgan fingerprint density at radius 1 is 1.08 bits per heavy atom. The summed E-state index contributed by atoms with van der Waals surface area (Å²) in [5.41, 5.74) is 0.399. The fourth-order valence-electron chi connectivity index (χ4n) is 3.69. The molecule has 142 valence electrons. The zero-order valence-corrected chi connectivity index (χ0v) is 16.5. The van der Waals surface area contributed by atoms with Crippen LogP contribution < -0.4 is 0 Å². The van der Waals surface area contributed by atoms with Crippen molar-refractivity contribution in [1.82, 2.24) is 0 Å². The molecule has 0 aromatic heterocycles. The van der Waals surface area contributed by atoms with Crippen LogP contribution in [0.3, 0.4) is 0 Å². The number of hydrogen-bond acceptors (Lipinski definition) is 4. The summed E-state index contributed by atoms with van der Waals surface area (Å²) in [7, 11) is 1.24. The van der Waals surface area contributed by atoms with Crippen molar-refractivity contribution < 1.29 is 19.4 Å². The number of fused-ring (bicyclic) bond motifs is 1. The average molecular weight is 358 g/mol. The number of Topliss-reactive ketones (excluding diaryl/α,β-unsaturated/α-hetero) is 1. The molecule has 0 spiro atoms. The molecule has 1 aliphatic carbocycles. The number of aliphatic hydroxyl groups excluding tert-OH is 1. The SMILES string of the molecule is COC(=O)C1=C(O)c2ccccc2C(CCC(C)C)(CCC(C)C)C1=O. The summed E-state index contributed by atoms with van der Waals surface area (Å²) in [5.74, 6) is -0.455. The van der Waals surface area contributed by atoms with Crippen molar-refractivity contribution >= 4 is 17.5 Å². The first-order valence-electron chi connectivity index (χ1n) is 9.40. The topological polar surface area (TPSA) is 63.6 Å². The summed E-state index contributed by atoms with van der Waals surface area (Å²) < 4.78 is 4.81. The number of benzene rings is 1. The van der Waals surface area contributed by atoms with Crippen molar-refractivity contribution in [2.24, 2.45) is 11.8 Å². The molecular weight excluding hydrogens is 328 g/mol. The van der Waals surface area contributed by atoms with Crippen LogP contribution in [0.15, 0.2) is 29.8 Å². The summed E-state index contributed by atoms with van der Waals surface area (Å²) in [6.45, 7) is 8.52. The highest BCUT2D eigenvalue weighted by atomic mass is 16.5. The first-order valence-corrected chi connectivity index (χ1v) is 9.40. The Morgan fingerprint density at radius 3 is 2.12 bits per heavy atom. The van der Waals surface area contributed by atoms with Gasteiger partial charge < -0.3 is 9.84 Å². The molecule has 0 aliphatic heterocycles. The quantitative estimate of drug-likeness (QED) is 0.560. The van der Waals surface area contributed by atoms with Gasteiger partial charge in [-0.3, -0.25) is 4.79 Å². The minimum absolute atomic E-state index is 0.210. The summed E-state index contributed by atoms with van der Waals surface area (Å²) in [6.07, 6.45) is 3.04. The lowest BCUT2D eigenvalue weighted by Gasteiger charge is -2.39. The average Bonchev–Trinajstić information content (AvgIpc) is 2.61. The Balaban J connectivity index is 2.68. The molecule has 26 heavy (non-hydrogen) atoms. The van der Waals surface area contributed by atoms with E-state index >= 15 is 0 Å². The van der Waals surface area contributed by atoms with Crippen molar-refractivity contribution in [1.29, 1.82) is 0 Å². The maximum Gasteiger partial charge on any atom is 0.345 e. The minimum atomic E-state index is -0.791. The monoisotopic (exact) mass is 358 g/mol. The van der Waals surface area contributed by atoms with E-state index in [-0.39, 0.29) is 17.1 Å². The molecule has 0 amide bonds. The summed E-state index contributed by atoms with van der Waals surface area (Å²) in [5, 5.41) is 10.6. The van der Waals surface area contributed by atoms with Gasteiger partial charge in [0.2, 0.25) is 0 Å². The molecule has 1 N–H and O–H groups in total. The fourth-order valence-corrected chi connectivity index (χ4v) is 3.69. The second kappa shape index (κ2) is 8.07. The number of methoxy groups -OCH3 is 1. The van der Waals surface area contributed by atoms with Gasteiger partial charge in [0.15, 0.2) is 5.78 Å². The van der Waals surface area contributed by atoms with Crippen LogP contribution in [0.2, 0.25) is 0 Å². The van der Waals surface area contributed by atoms with E-state index in [1.807, 2.05) is 18.2 Å². The third kappa shape index (κ3) is 3.69. The van der Waals surface area contributed by atoms with Gasteiger partial charge in [-0.15, -0.1) is 0 Å². The molecule has 0 fully saturated rings. The van der Waals surface area contributed by atoms with Gasteiger partial charge in [0.05, 0.1) is 12.5 Å². The summed E-state index contributed by atoms with van der Waals surface area (Å²) >= 11 is 0. The Kier molecular flexibility index (Phi) is 6.27. The van der Waals surface area contributed by atoms with Crippen LogP contribution in [0.5, 0.6) is 0 Å². The maximum absolute atomic E-state index is 13.5. The predicted octanol–water partition coefficient (Wildman–Crippen LogP) is 4.82. The van der Waals surface area contributed by atoms with Gasteiger partial charge in [0.25, 0.3) is 0 Å². The standard InChI is InChI=1S/C22H30O4/c1-14(2)10-12-22(13-11-15(3)4)17-9-7-6-8-16(17)19(23)18(20(22)24)21(25)26-5/h6-9,14-15,23H,10-13H2,1-5H3. The lowest BCUT2D eigenvalue weighted by molar-refractivity contribution is -0.139. The maximum atomic E-state index is 13.5. The molecule has 0 atom stereocenters. The normalized spacial score (nSPS) is 16.2. The van der Waals surface area contributed by atoms with E-state index in [9.17, 15) is 14.7 Å². The lowest BCUT2D eigenvalue weighted by atomic mass is 9.63. The molecule has 4 nitrogen and oxygen atoms in total. The molecule has 0 bridgehead atoms. The molecule has 0 heterocycles. The lowest BCUT2D eigenvalue weighted by Crippen LogP contribution is -2.43. The van der Waals surface area contributed by atoms with Gasteiger partial charge in [-0.1, -0.05) is 52.0 Å². The van der Waals surface area contributed by atoms with E-state index in [0.29, 0.717) is 30.2 Å². The Labute approximate surface area is 156 Å². The van der Waals surface area contributed by atoms with Gasteiger partial charge in [0, 0.05) is 5.56 Å². The molecule has 1 aromatic carbocycles. The van der Waals surface area contributed by atoms with Crippen LogP contribution in [0, 0.1) is 11.8 Å². The van der Waals surface area contributed by atoms with Gasteiger partial charge >= 0.3 is 5.97 Å². The number of ketones is 1. The molecule has 0 saturated carbocycles. The van der Waals surface area contributed by atoms with E-state index < -0.39 is 11.4 Å². The minimum Gasteiger partial charge on any atom is -0.506 e. The molecule has 0 saturated heterocycles. The van der Waals surface area contributed by atoms with Crippen LogP contribution in [-0.4, -0.2) is 24.0 Å². The first-order chi connectivity index (χ1) is 12.2. The third-order valence-electron chi connectivity index (χ3n) is 5.28. The van der Waals surface area contributed by atoms with Crippen molar-refractivity contribution in [3.05, 3.63) is 41.0 Å². The number of rotatable bonds is 7. The van der Waals surface area contributed by atoms with Crippen molar-refractivity contribution in [3.63, 3.8) is 0 Å². The number of esters is 1. The van der Waals surface area contributed by atoms with Gasteiger partial charge in [-0.05, 0) is 43.1 Å². The molecule has 1 aliphatic rings. The highest BCUT2D eigenvalue weighted by molar-refractivity contribution is 6.27. The van der Waals surface area contributed by atoms with E-state index in [1.54, 1.807) is 6.07 Å². The Bertz CT molecular complexity index is 701. The highest BCUT2D eigenvalue weighted by Crippen LogP contribution is 2.46.